The molecule has 0 radical (unpaired) electrons. The van der Waals surface area contributed by atoms with Crippen LogP contribution >= 0.6 is 0 Å². The lowest BCUT2D eigenvalue weighted by Crippen LogP contribution is -2.26. The average molecular weight is 243 g/mol. The zero-order chi connectivity index (χ0) is 13.2. The van der Waals surface area contributed by atoms with Crippen LogP contribution in [0, 0.1) is 0 Å². The average Bonchev–Trinajstić information content (AvgIpc) is 2.37. The lowest BCUT2D eigenvalue weighted by atomic mass is 9.96. The monoisotopic (exact) mass is 243 g/mol. The van der Waals surface area contributed by atoms with Gasteiger partial charge in [-0.15, -0.1) is 0 Å². The molecule has 2 rings (SSSR count). The maximum Gasteiger partial charge on any atom is 0.165 e. The van der Waals surface area contributed by atoms with Crippen LogP contribution in [0.5, 0.6) is 0 Å². The van der Waals surface area contributed by atoms with Gasteiger partial charge in [0.2, 0.25) is 0 Å². The molecule has 1 heterocycles. The zero-order valence-corrected chi connectivity index (χ0v) is 10.9. The Bertz CT molecular complexity index is 575. The number of fused-ring (bicyclic) bond motifs is 1. The normalized spacial score (nSPS) is 11.7. The number of ether oxygens (including phenoxy) is 1. The van der Waals surface area contributed by atoms with E-state index >= 15 is 0 Å². The molecule has 3 heteroatoms. The molecule has 0 saturated heterocycles. The van der Waals surface area contributed by atoms with Crippen molar-refractivity contribution in [3.8, 4) is 0 Å². The molecule has 0 aliphatic rings. The summed E-state index contributed by atoms with van der Waals surface area (Å²) >= 11 is 0. The molecule has 0 aliphatic carbocycles. The molecule has 1 aromatic heterocycles. The van der Waals surface area contributed by atoms with E-state index in [1.165, 1.54) is 0 Å². The third-order valence-corrected chi connectivity index (χ3v) is 3.06. The van der Waals surface area contributed by atoms with E-state index in [-0.39, 0.29) is 5.78 Å². The number of carbonyl (C=O) groups is 1. The second kappa shape index (κ2) is 4.86. The predicted molar refractivity (Wildman–Crippen MR) is 71.8 cm³/mol. The van der Waals surface area contributed by atoms with Crippen LogP contribution in [-0.4, -0.2) is 23.5 Å². The van der Waals surface area contributed by atoms with Crippen molar-refractivity contribution in [2.75, 3.05) is 7.11 Å². The van der Waals surface area contributed by atoms with E-state index in [0.717, 1.165) is 10.9 Å². The van der Waals surface area contributed by atoms with Crippen molar-refractivity contribution in [1.82, 2.24) is 4.98 Å². The summed E-state index contributed by atoms with van der Waals surface area (Å²) in [6.07, 6.45) is 2.12. The van der Waals surface area contributed by atoms with Crippen LogP contribution in [0.15, 0.2) is 36.5 Å². The predicted octanol–water partition coefficient (Wildman–Crippen LogP) is 3.23. The van der Waals surface area contributed by atoms with Crippen molar-refractivity contribution in [2.45, 2.75) is 25.9 Å². The molecule has 94 valence electrons. The minimum absolute atomic E-state index is 0.0904. The highest BCUT2D eigenvalue weighted by Crippen LogP contribution is 2.19. The quantitative estimate of drug-likeness (QED) is 0.774. The van der Waals surface area contributed by atoms with E-state index in [4.69, 9.17) is 4.74 Å². The first-order valence-electron chi connectivity index (χ1n) is 5.95. The van der Waals surface area contributed by atoms with Gasteiger partial charge < -0.3 is 4.74 Å². The second-order valence-electron chi connectivity index (χ2n) is 4.97. The lowest BCUT2D eigenvalue weighted by molar-refractivity contribution is 0.0172. The second-order valence-corrected chi connectivity index (χ2v) is 4.97. The Balaban J connectivity index is 2.28. The molecule has 0 bridgehead atoms. The van der Waals surface area contributed by atoms with Gasteiger partial charge in [-0.05, 0) is 38.1 Å². The minimum atomic E-state index is -0.430. The number of nitrogens with zero attached hydrogens (tertiary/aromatic N) is 1. The van der Waals surface area contributed by atoms with Gasteiger partial charge in [-0.25, -0.2) is 0 Å². The first-order chi connectivity index (χ1) is 8.52. The Morgan fingerprint density at radius 2 is 2.11 bits per heavy atom. The zero-order valence-electron chi connectivity index (χ0n) is 10.9. The minimum Gasteiger partial charge on any atom is -0.378 e. The van der Waals surface area contributed by atoms with E-state index in [1.54, 1.807) is 13.3 Å². The SMILES string of the molecule is COC(C)(C)CC(=O)c1ccc2ncccc2c1. The van der Waals surface area contributed by atoms with Gasteiger partial charge in [0.05, 0.1) is 11.1 Å². The van der Waals surface area contributed by atoms with Crippen molar-refractivity contribution >= 4 is 16.7 Å². The number of rotatable bonds is 4. The van der Waals surface area contributed by atoms with Crippen LogP contribution in [0.2, 0.25) is 0 Å². The number of Topliss-reactive ketones (excluding diaryl/α,β-unsaturated/α-hetero) is 1. The van der Waals surface area contributed by atoms with Crippen LogP contribution in [-0.2, 0) is 4.74 Å². The number of hydrogen-bond acceptors (Lipinski definition) is 3. The summed E-state index contributed by atoms with van der Waals surface area (Å²) in [4.78, 5) is 16.4. The maximum atomic E-state index is 12.2. The van der Waals surface area contributed by atoms with Gasteiger partial charge in [0.1, 0.15) is 0 Å². The van der Waals surface area contributed by atoms with E-state index in [2.05, 4.69) is 4.98 Å². The molecular weight excluding hydrogens is 226 g/mol. The molecular formula is C15H17NO2. The lowest BCUT2D eigenvalue weighted by Gasteiger charge is -2.21. The molecule has 0 saturated carbocycles. The van der Waals surface area contributed by atoms with E-state index in [1.807, 2.05) is 44.2 Å². The number of aromatic nitrogens is 1. The summed E-state index contributed by atoms with van der Waals surface area (Å²) < 4.78 is 5.28. The Kier molecular flexibility index (Phi) is 3.43. The van der Waals surface area contributed by atoms with Crippen LogP contribution in [0.25, 0.3) is 10.9 Å². The fraction of sp³-hybridized carbons (Fsp3) is 0.333. The highest BCUT2D eigenvalue weighted by Gasteiger charge is 2.21. The van der Waals surface area contributed by atoms with Crippen molar-refractivity contribution < 1.29 is 9.53 Å². The molecule has 0 unspecified atom stereocenters. The van der Waals surface area contributed by atoms with Gasteiger partial charge in [-0.1, -0.05) is 6.07 Å². The third-order valence-electron chi connectivity index (χ3n) is 3.06. The molecule has 0 fully saturated rings. The first kappa shape index (κ1) is 12.7. The molecule has 0 aliphatic heterocycles. The van der Waals surface area contributed by atoms with Crippen molar-refractivity contribution in [3.63, 3.8) is 0 Å². The van der Waals surface area contributed by atoms with E-state index in [9.17, 15) is 4.79 Å². The molecule has 0 amide bonds. The number of benzene rings is 1. The fourth-order valence-electron chi connectivity index (χ4n) is 1.81. The largest absolute Gasteiger partial charge is 0.378 e. The molecule has 1 aromatic carbocycles. The van der Waals surface area contributed by atoms with Gasteiger partial charge >= 0.3 is 0 Å². The molecule has 0 N–H and O–H groups in total. The van der Waals surface area contributed by atoms with Gasteiger partial charge in [-0.2, -0.15) is 0 Å². The first-order valence-corrected chi connectivity index (χ1v) is 5.95. The van der Waals surface area contributed by atoms with Crippen LogP contribution in [0.1, 0.15) is 30.6 Å². The summed E-state index contributed by atoms with van der Waals surface area (Å²) in [6, 6.07) is 9.42. The highest BCUT2D eigenvalue weighted by atomic mass is 16.5. The summed E-state index contributed by atoms with van der Waals surface area (Å²) in [7, 11) is 1.62. The summed E-state index contributed by atoms with van der Waals surface area (Å²) in [5.41, 5.74) is 1.18. The standard InChI is InChI=1S/C15H17NO2/c1-15(2,18-3)10-14(17)12-6-7-13-11(9-12)5-4-8-16-13/h4-9H,10H2,1-3H3. The topological polar surface area (TPSA) is 39.2 Å². The van der Waals surface area contributed by atoms with Crippen molar-refractivity contribution in [2.24, 2.45) is 0 Å². The number of methoxy groups -OCH3 is 1. The Hall–Kier alpha value is -1.74. The van der Waals surface area contributed by atoms with Crippen molar-refractivity contribution in [1.29, 1.82) is 0 Å². The third kappa shape index (κ3) is 2.74. The number of pyridine rings is 1. The molecule has 0 spiro atoms. The highest BCUT2D eigenvalue weighted by molar-refractivity contribution is 5.99. The van der Waals surface area contributed by atoms with Crippen LogP contribution in [0.3, 0.4) is 0 Å². The Morgan fingerprint density at radius 1 is 1.33 bits per heavy atom. The van der Waals surface area contributed by atoms with Crippen LogP contribution < -0.4 is 0 Å². The van der Waals surface area contributed by atoms with Gasteiger partial charge in [0.25, 0.3) is 0 Å². The van der Waals surface area contributed by atoms with Gasteiger partial charge in [0.15, 0.2) is 5.78 Å². The van der Waals surface area contributed by atoms with Crippen LogP contribution in [0.4, 0.5) is 0 Å². The van der Waals surface area contributed by atoms with Gasteiger partial charge in [-0.3, -0.25) is 9.78 Å². The summed E-state index contributed by atoms with van der Waals surface area (Å²) in [5.74, 6) is 0.0904. The smallest absolute Gasteiger partial charge is 0.165 e. The summed E-state index contributed by atoms with van der Waals surface area (Å²) in [5, 5.41) is 0.985. The number of carbonyl (C=O) groups excluding carboxylic acids is 1. The van der Waals surface area contributed by atoms with Gasteiger partial charge in [0, 0.05) is 30.7 Å². The van der Waals surface area contributed by atoms with Crippen molar-refractivity contribution in [3.05, 3.63) is 42.1 Å². The molecule has 18 heavy (non-hydrogen) atoms. The molecule has 0 atom stereocenters. The molecule has 2 aromatic rings. The maximum absolute atomic E-state index is 12.2. The Morgan fingerprint density at radius 3 is 2.83 bits per heavy atom. The van der Waals surface area contributed by atoms with E-state index in [0.29, 0.717) is 12.0 Å². The van der Waals surface area contributed by atoms with E-state index < -0.39 is 5.60 Å². The Labute approximate surface area is 107 Å². The molecule has 3 nitrogen and oxygen atoms in total. The fourth-order valence-corrected chi connectivity index (χ4v) is 1.81. The number of hydrogen-bond donors (Lipinski definition) is 0. The summed E-state index contributed by atoms with van der Waals surface area (Å²) in [6.45, 7) is 3.82. The number of ketones is 1.